The molecule has 0 amide bonds. The Hall–Kier alpha value is -4.08. The van der Waals surface area contributed by atoms with Crippen LogP contribution in [0.15, 0.2) is 48.9 Å². The largest absolute Gasteiger partial charge is 0.354 e. The zero-order chi connectivity index (χ0) is 25.4. The smallest absolute Gasteiger partial charge is 0.161 e. The number of aromatic amines is 1. The summed E-state index contributed by atoms with van der Waals surface area (Å²) in [6.45, 7) is 9.27. The minimum Gasteiger partial charge on any atom is -0.354 e. The van der Waals surface area contributed by atoms with E-state index in [1.165, 1.54) is 10.9 Å². The summed E-state index contributed by atoms with van der Waals surface area (Å²) in [5.74, 6) is 2.64. The summed E-state index contributed by atoms with van der Waals surface area (Å²) < 4.78 is 14.6. The quantitative estimate of drug-likeness (QED) is 0.377. The number of hydrogen-bond donors (Lipinski definition) is 2. The van der Waals surface area contributed by atoms with Crippen molar-refractivity contribution in [3.8, 4) is 5.82 Å². The number of rotatable bonds is 8. The SMILES string of the molecule is Cc1cc(Nc2cc(C)[nH]n2)nc(N2CC(C)(C(=O)C[C@@H](C)c3ccc(-n4cc(F)cn4)nc3)C2)c1. The van der Waals surface area contributed by atoms with E-state index in [-0.39, 0.29) is 11.7 Å². The number of aryl methyl sites for hydroxylation is 2. The number of carbonyl (C=O) groups excluding carboxylic acids is 1. The molecule has 0 radical (unpaired) electrons. The fourth-order valence-corrected chi connectivity index (χ4v) is 4.52. The van der Waals surface area contributed by atoms with E-state index >= 15 is 0 Å². The van der Waals surface area contributed by atoms with Crippen LogP contribution in [0.5, 0.6) is 0 Å². The minimum atomic E-state index is -0.424. The summed E-state index contributed by atoms with van der Waals surface area (Å²) in [7, 11) is 0. The Kier molecular flexibility index (Phi) is 6.03. The standard InChI is InChI=1S/C26H29FN8O/c1-16-7-22(30-23-10-18(3)32-33-23)31-25(8-16)34-14-26(4,15-34)21(36)9-17(2)19-5-6-24(28-11-19)35-13-20(27)12-29-35/h5-8,10-13,17H,9,14-15H2,1-4H3,(H2,30,31,32,33)/t17-/m1/s1. The van der Waals surface area contributed by atoms with E-state index in [1.54, 1.807) is 12.3 Å². The predicted octanol–water partition coefficient (Wildman–Crippen LogP) is 4.47. The highest BCUT2D eigenvalue weighted by molar-refractivity contribution is 5.88. The van der Waals surface area contributed by atoms with Crippen LogP contribution in [0.25, 0.3) is 5.82 Å². The molecule has 0 unspecified atom stereocenters. The molecule has 1 atom stereocenters. The molecule has 2 N–H and O–H groups in total. The lowest BCUT2D eigenvalue weighted by molar-refractivity contribution is -0.129. The number of anilines is 3. The van der Waals surface area contributed by atoms with Gasteiger partial charge in [-0.25, -0.2) is 19.0 Å². The first-order valence-corrected chi connectivity index (χ1v) is 11.9. The van der Waals surface area contributed by atoms with Crippen molar-refractivity contribution in [1.29, 1.82) is 0 Å². The van der Waals surface area contributed by atoms with Gasteiger partial charge in [-0.1, -0.05) is 13.0 Å². The normalized spacial score (nSPS) is 15.4. The molecule has 5 heterocycles. The molecule has 4 aromatic heterocycles. The Labute approximate surface area is 208 Å². The molecule has 0 bridgehead atoms. The lowest BCUT2D eigenvalue weighted by atomic mass is 9.74. The fourth-order valence-electron chi connectivity index (χ4n) is 4.52. The average molecular weight is 489 g/mol. The molecule has 1 aliphatic heterocycles. The first-order chi connectivity index (χ1) is 17.2. The van der Waals surface area contributed by atoms with E-state index in [9.17, 15) is 9.18 Å². The minimum absolute atomic E-state index is 0.0180. The summed E-state index contributed by atoms with van der Waals surface area (Å²) in [4.78, 5) is 24.5. The van der Waals surface area contributed by atoms with Crippen molar-refractivity contribution >= 4 is 23.2 Å². The van der Waals surface area contributed by atoms with Crippen LogP contribution >= 0.6 is 0 Å². The monoisotopic (exact) mass is 488 g/mol. The van der Waals surface area contributed by atoms with Crippen molar-refractivity contribution in [3.05, 3.63) is 71.6 Å². The first-order valence-electron chi connectivity index (χ1n) is 11.9. The highest BCUT2D eigenvalue weighted by Gasteiger charge is 2.45. The molecule has 0 aromatic carbocycles. The summed E-state index contributed by atoms with van der Waals surface area (Å²) in [6.07, 6.45) is 4.57. The van der Waals surface area contributed by atoms with Gasteiger partial charge in [-0.15, -0.1) is 0 Å². The van der Waals surface area contributed by atoms with Gasteiger partial charge in [0.15, 0.2) is 17.5 Å². The van der Waals surface area contributed by atoms with Gasteiger partial charge < -0.3 is 10.2 Å². The van der Waals surface area contributed by atoms with Gasteiger partial charge in [-0.05, 0) is 56.0 Å². The number of carbonyl (C=O) groups is 1. The van der Waals surface area contributed by atoms with Gasteiger partial charge in [0, 0.05) is 37.5 Å². The molecule has 1 aliphatic rings. The van der Waals surface area contributed by atoms with Crippen LogP contribution in [-0.2, 0) is 4.79 Å². The molecule has 9 nitrogen and oxygen atoms in total. The second-order valence-corrected chi connectivity index (χ2v) is 9.95. The van der Waals surface area contributed by atoms with Gasteiger partial charge in [0.25, 0.3) is 0 Å². The van der Waals surface area contributed by atoms with Gasteiger partial charge in [-0.3, -0.25) is 9.89 Å². The van der Waals surface area contributed by atoms with Crippen molar-refractivity contribution < 1.29 is 9.18 Å². The van der Waals surface area contributed by atoms with Gasteiger partial charge in [0.1, 0.15) is 17.4 Å². The fraction of sp³-hybridized carbons (Fsp3) is 0.346. The topological polar surface area (TPSA) is 105 Å². The third kappa shape index (κ3) is 4.84. The maximum absolute atomic E-state index is 13.2. The molecule has 1 saturated heterocycles. The van der Waals surface area contributed by atoms with Crippen LogP contribution < -0.4 is 10.2 Å². The molecule has 186 valence electrons. The number of Topliss-reactive ketones (excluding diaryl/α,β-unsaturated/α-hetero) is 1. The van der Waals surface area contributed by atoms with Crippen molar-refractivity contribution in [3.63, 3.8) is 0 Å². The molecule has 5 rings (SSSR count). The number of hydrogen-bond acceptors (Lipinski definition) is 7. The number of nitrogens with zero attached hydrogens (tertiary/aromatic N) is 6. The van der Waals surface area contributed by atoms with Gasteiger partial charge in [0.2, 0.25) is 0 Å². The molecular formula is C26H29FN8O. The van der Waals surface area contributed by atoms with Gasteiger partial charge in [0.05, 0.1) is 17.8 Å². The highest BCUT2D eigenvalue weighted by atomic mass is 19.1. The first kappa shape index (κ1) is 23.7. The summed E-state index contributed by atoms with van der Waals surface area (Å²) in [5, 5.41) is 14.3. The van der Waals surface area contributed by atoms with Crippen LogP contribution in [0.2, 0.25) is 0 Å². The Morgan fingerprint density at radius 2 is 1.97 bits per heavy atom. The second-order valence-electron chi connectivity index (χ2n) is 9.95. The number of nitrogens with one attached hydrogen (secondary N) is 2. The van der Waals surface area contributed by atoms with Crippen LogP contribution in [0.3, 0.4) is 0 Å². The van der Waals surface area contributed by atoms with Crippen LogP contribution in [0, 0.1) is 25.1 Å². The number of halogens is 1. The molecule has 4 aromatic rings. The molecule has 36 heavy (non-hydrogen) atoms. The number of pyridine rings is 2. The Bertz CT molecular complexity index is 1390. The molecule has 1 fully saturated rings. The molecule has 0 spiro atoms. The number of H-pyrrole nitrogens is 1. The molecule has 0 saturated carbocycles. The predicted molar refractivity (Wildman–Crippen MR) is 135 cm³/mol. The van der Waals surface area contributed by atoms with E-state index in [0.717, 1.165) is 34.7 Å². The van der Waals surface area contributed by atoms with Gasteiger partial charge >= 0.3 is 0 Å². The zero-order valence-electron chi connectivity index (χ0n) is 20.8. The van der Waals surface area contributed by atoms with E-state index in [0.29, 0.717) is 31.1 Å². The van der Waals surface area contributed by atoms with E-state index in [1.807, 2.05) is 52.0 Å². The van der Waals surface area contributed by atoms with E-state index < -0.39 is 11.2 Å². The second kappa shape index (κ2) is 9.18. The summed E-state index contributed by atoms with van der Waals surface area (Å²) >= 11 is 0. The third-order valence-electron chi connectivity index (χ3n) is 6.61. The highest BCUT2D eigenvalue weighted by Crippen LogP contribution is 2.37. The van der Waals surface area contributed by atoms with Gasteiger partial charge in [-0.2, -0.15) is 10.2 Å². The number of aromatic nitrogens is 6. The van der Waals surface area contributed by atoms with Crippen LogP contribution in [0.4, 0.5) is 21.8 Å². The summed E-state index contributed by atoms with van der Waals surface area (Å²) in [6, 6.07) is 9.63. The summed E-state index contributed by atoms with van der Waals surface area (Å²) in [5.41, 5.74) is 2.59. The maximum atomic E-state index is 13.2. The Balaban J connectivity index is 1.20. The van der Waals surface area contributed by atoms with Crippen molar-refractivity contribution in [2.24, 2.45) is 5.41 Å². The van der Waals surface area contributed by atoms with Crippen molar-refractivity contribution in [2.75, 3.05) is 23.3 Å². The molecular weight excluding hydrogens is 459 g/mol. The van der Waals surface area contributed by atoms with Crippen molar-refractivity contribution in [1.82, 2.24) is 29.9 Å². The Morgan fingerprint density at radius 3 is 2.61 bits per heavy atom. The Morgan fingerprint density at radius 1 is 1.17 bits per heavy atom. The van der Waals surface area contributed by atoms with Crippen molar-refractivity contribution in [2.45, 2.75) is 40.0 Å². The lowest BCUT2D eigenvalue weighted by Gasteiger charge is -2.48. The average Bonchev–Trinajstić information content (AvgIpc) is 3.44. The number of ketones is 1. The molecule has 10 heteroatoms. The van der Waals surface area contributed by atoms with Crippen LogP contribution in [-0.4, -0.2) is 48.8 Å². The zero-order valence-corrected chi connectivity index (χ0v) is 20.8. The van der Waals surface area contributed by atoms with Crippen LogP contribution in [0.1, 0.15) is 43.0 Å². The lowest BCUT2D eigenvalue weighted by Crippen LogP contribution is -2.59. The van der Waals surface area contributed by atoms with E-state index in [4.69, 9.17) is 4.98 Å². The van der Waals surface area contributed by atoms with E-state index in [2.05, 4.69) is 30.5 Å². The maximum Gasteiger partial charge on any atom is 0.161 e. The third-order valence-corrected chi connectivity index (χ3v) is 6.61. The molecule has 0 aliphatic carbocycles.